The minimum Gasteiger partial charge on any atom is -0.285 e. The van der Waals surface area contributed by atoms with E-state index in [-0.39, 0.29) is 107 Å². The number of likely N-dealkylation sites (tertiary alicyclic amines) is 4. The highest BCUT2D eigenvalue weighted by molar-refractivity contribution is 6.06. The zero-order valence-electron chi connectivity index (χ0n) is 39.4. The summed E-state index contributed by atoms with van der Waals surface area (Å²) in [6.45, 7) is 32.3. The third kappa shape index (κ3) is 13.8. The quantitative estimate of drug-likeness (QED) is 0.184. The molecule has 4 fully saturated rings. The Bertz CT molecular complexity index is 1360. The summed E-state index contributed by atoms with van der Waals surface area (Å²) in [6.07, 6.45) is 4.11. The predicted octanol–water partition coefficient (Wildman–Crippen LogP) is 7.47. The molecule has 58 heavy (non-hydrogen) atoms. The summed E-state index contributed by atoms with van der Waals surface area (Å²) >= 11 is 0. The highest BCUT2D eigenvalue weighted by Gasteiger charge is 2.48. The smallest absolute Gasteiger partial charge is 0.233 e. The first kappa shape index (κ1) is 52.6. The van der Waals surface area contributed by atoms with Crippen molar-refractivity contribution in [1.29, 1.82) is 0 Å². The number of amides is 8. The Morgan fingerprint density at radius 3 is 0.845 bits per heavy atom. The molecule has 4 aliphatic rings. The van der Waals surface area contributed by atoms with Crippen molar-refractivity contribution in [2.45, 2.75) is 161 Å². The molecular formula is C46H80N4O8. The molecule has 0 spiro atoms. The Kier molecular flexibility index (Phi) is 20.7. The third-order valence-corrected chi connectivity index (χ3v) is 11.4. The monoisotopic (exact) mass is 817 g/mol. The largest absolute Gasteiger partial charge is 0.285 e. The molecule has 0 aliphatic carbocycles. The molecule has 6 atom stereocenters. The minimum absolute atomic E-state index is 0.000602. The summed E-state index contributed by atoms with van der Waals surface area (Å²) in [5.74, 6) is 1.89. The minimum atomic E-state index is -0.107. The maximum atomic E-state index is 11.9. The Hall–Kier alpha value is -3.44. The number of imide groups is 4. The van der Waals surface area contributed by atoms with Crippen molar-refractivity contribution in [2.24, 2.45) is 71.0 Å². The molecule has 0 aromatic heterocycles. The summed E-state index contributed by atoms with van der Waals surface area (Å²) in [7, 11) is 3.20. The van der Waals surface area contributed by atoms with E-state index in [1.54, 1.807) is 14.1 Å². The lowest BCUT2D eigenvalue weighted by atomic mass is 9.81. The maximum absolute atomic E-state index is 11.9. The summed E-state index contributed by atoms with van der Waals surface area (Å²) in [5.41, 5.74) is 0. The topological polar surface area (TPSA) is 150 Å². The summed E-state index contributed by atoms with van der Waals surface area (Å²) in [5, 5.41) is 0. The molecule has 0 aromatic carbocycles. The molecule has 0 aromatic rings. The van der Waals surface area contributed by atoms with Crippen molar-refractivity contribution in [3.05, 3.63) is 0 Å². The number of hydrogen-bond acceptors (Lipinski definition) is 8. The summed E-state index contributed by atoms with van der Waals surface area (Å²) in [4.78, 5) is 99.5. The van der Waals surface area contributed by atoms with Crippen molar-refractivity contribution in [3.8, 4) is 0 Å². The van der Waals surface area contributed by atoms with Gasteiger partial charge in [0.25, 0.3) is 0 Å². The van der Waals surface area contributed by atoms with E-state index in [0.29, 0.717) is 36.5 Å². The summed E-state index contributed by atoms with van der Waals surface area (Å²) < 4.78 is 0. The van der Waals surface area contributed by atoms with Gasteiger partial charge < -0.3 is 0 Å². The second-order valence-electron chi connectivity index (χ2n) is 19.9. The van der Waals surface area contributed by atoms with E-state index in [4.69, 9.17) is 0 Å². The molecule has 4 aliphatic heterocycles. The zero-order valence-corrected chi connectivity index (χ0v) is 39.4. The van der Waals surface area contributed by atoms with Gasteiger partial charge in [-0.2, -0.15) is 0 Å². The van der Waals surface area contributed by atoms with Gasteiger partial charge in [0, 0.05) is 50.9 Å². The van der Waals surface area contributed by atoms with Crippen LogP contribution >= 0.6 is 0 Å². The van der Waals surface area contributed by atoms with Crippen molar-refractivity contribution >= 4 is 47.3 Å². The third-order valence-electron chi connectivity index (χ3n) is 11.4. The standard InChI is InChI=1S/2C12H21NO2.2C11H19NO2/c2*1-7(2)6-9-10(8(3)4)12(15)13(5)11(9)14;2*1-7(2)5-9-6-10(13)12(8(3)4)11(9)14/h2*7-10H,6H2,1-5H3;2*7-9H,5-6H2,1-4H3. The molecule has 0 saturated carbocycles. The highest BCUT2D eigenvalue weighted by atomic mass is 16.2. The van der Waals surface area contributed by atoms with Crippen LogP contribution in [0.2, 0.25) is 0 Å². The van der Waals surface area contributed by atoms with Crippen LogP contribution in [0.1, 0.15) is 149 Å². The van der Waals surface area contributed by atoms with Gasteiger partial charge in [0.15, 0.2) is 0 Å². The molecule has 6 unspecified atom stereocenters. The average molecular weight is 817 g/mol. The van der Waals surface area contributed by atoms with Crippen LogP contribution in [0.5, 0.6) is 0 Å². The van der Waals surface area contributed by atoms with Gasteiger partial charge in [0.2, 0.25) is 47.3 Å². The molecule has 0 radical (unpaired) electrons. The SMILES string of the molecule is CC(C)CC1C(=O)N(C)C(=O)C1C(C)C.CC(C)CC1C(=O)N(C)C(=O)C1C(C)C.CC(C)CC1CC(=O)N(C(C)C)C1=O.CC(C)CC1CC(=O)N(C(C)C)C1=O. The van der Waals surface area contributed by atoms with E-state index >= 15 is 0 Å². The first-order valence-electron chi connectivity index (χ1n) is 21.9. The van der Waals surface area contributed by atoms with Gasteiger partial charge in [0.1, 0.15) is 0 Å². The molecule has 4 heterocycles. The first-order valence-corrected chi connectivity index (χ1v) is 21.9. The van der Waals surface area contributed by atoms with Crippen molar-refractivity contribution in [1.82, 2.24) is 19.6 Å². The number of carbonyl (C=O) groups excluding carboxylic acids is 8. The van der Waals surface area contributed by atoms with Gasteiger partial charge >= 0.3 is 0 Å². The first-order chi connectivity index (χ1) is 26.6. The second kappa shape index (κ2) is 22.8. The van der Waals surface area contributed by atoms with Crippen LogP contribution in [0, 0.1) is 71.0 Å². The molecule has 4 saturated heterocycles. The van der Waals surface area contributed by atoms with Crippen molar-refractivity contribution < 1.29 is 38.4 Å². The van der Waals surface area contributed by atoms with E-state index in [0.717, 1.165) is 25.7 Å². The lowest BCUT2D eigenvalue weighted by Gasteiger charge is -2.19. The molecule has 8 amide bonds. The van der Waals surface area contributed by atoms with Gasteiger partial charge in [-0.3, -0.25) is 58.0 Å². The number of carbonyl (C=O) groups is 8. The number of nitrogens with zero attached hydrogens (tertiary/aromatic N) is 4. The van der Waals surface area contributed by atoms with Crippen LogP contribution in [0.25, 0.3) is 0 Å². The van der Waals surface area contributed by atoms with E-state index < -0.39 is 0 Å². The predicted molar refractivity (Wildman–Crippen MR) is 227 cm³/mol. The zero-order chi connectivity index (χ0) is 45.3. The van der Waals surface area contributed by atoms with E-state index in [9.17, 15) is 38.4 Å². The molecule has 4 rings (SSSR count). The normalized spacial score (nSPS) is 25.2. The van der Waals surface area contributed by atoms with Gasteiger partial charge in [-0.05, 0) is 88.9 Å². The van der Waals surface area contributed by atoms with Crippen LogP contribution in [0.3, 0.4) is 0 Å². The lowest BCUT2D eigenvalue weighted by molar-refractivity contribution is -0.143. The molecule has 0 bridgehead atoms. The van der Waals surface area contributed by atoms with Gasteiger partial charge in [-0.15, -0.1) is 0 Å². The van der Waals surface area contributed by atoms with Crippen LogP contribution < -0.4 is 0 Å². The Morgan fingerprint density at radius 1 is 0.397 bits per heavy atom. The maximum Gasteiger partial charge on any atom is 0.233 e. The Balaban J connectivity index is 0.000000387. The lowest BCUT2D eigenvalue weighted by Crippen LogP contribution is -2.36. The van der Waals surface area contributed by atoms with Crippen LogP contribution in [0.4, 0.5) is 0 Å². The molecule has 12 nitrogen and oxygen atoms in total. The molecular weight excluding hydrogens is 737 g/mol. The van der Waals surface area contributed by atoms with Crippen molar-refractivity contribution in [3.63, 3.8) is 0 Å². The van der Waals surface area contributed by atoms with Crippen LogP contribution in [0.15, 0.2) is 0 Å². The fourth-order valence-corrected chi connectivity index (χ4v) is 8.85. The van der Waals surface area contributed by atoms with E-state index in [1.165, 1.54) is 19.6 Å². The fraction of sp³-hybridized carbons (Fsp3) is 0.826. The second-order valence-corrected chi connectivity index (χ2v) is 19.9. The summed E-state index contributed by atoms with van der Waals surface area (Å²) in [6, 6.07) is 0.0133. The Labute approximate surface area is 350 Å². The number of hydrogen-bond donors (Lipinski definition) is 0. The van der Waals surface area contributed by atoms with E-state index in [2.05, 4.69) is 55.4 Å². The van der Waals surface area contributed by atoms with Gasteiger partial charge in [-0.25, -0.2) is 0 Å². The van der Waals surface area contributed by atoms with Crippen LogP contribution in [-0.4, -0.2) is 93.0 Å². The van der Waals surface area contributed by atoms with E-state index in [1.807, 2.05) is 55.4 Å². The van der Waals surface area contributed by atoms with Gasteiger partial charge in [-0.1, -0.05) is 83.1 Å². The fourth-order valence-electron chi connectivity index (χ4n) is 8.85. The average Bonchev–Trinajstić information content (AvgIpc) is 3.67. The van der Waals surface area contributed by atoms with Crippen molar-refractivity contribution in [2.75, 3.05) is 14.1 Å². The van der Waals surface area contributed by atoms with Gasteiger partial charge in [0.05, 0.1) is 23.7 Å². The van der Waals surface area contributed by atoms with Crippen LogP contribution in [-0.2, 0) is 38.4 Å². The number of rotatable bonds is 12. The molecule has 0 N–H and O–H groups in total. The molecule has 332 valence electrons. The highest BCUT2D eigenvalue weighted by Crippen LogP contribution is 2.36. The molecule has 12 heteroatoms. The Morgan fingerprint density at radius 2 is 0.655 bits per heavy atom.